The van der Waals surface area contributed by atoms with Crippen molar-refractivity contribution >= 4 is 45.6 Å². The number of hydrogen-bond donors (Lipinski definition) is 1. The van der Waals surface area contributed by atoms with Crippen LogP contribution in [0.5, 0.6) is 5.75 Å². The number of halogens is 3. The third-order valence-electron chi connectivity index (χ3n) is 4.32. The van der Waals surface area contributed by atoms with Gasteiger partial charge in [0.2, 0.25) is 5.91 Å². The lowest BCUT2D eigenvalue weighted by Crippen LogP contribution is -2.19. The maximum atomic E-state index is 12.5. The van der Waals surface area contributed by atoms with E-state index in [0.717, 1.165) is 21.5 Å². The summed E-state index contributed by atoms with van der Waals surface area (Å²) >= 11 is 7.55. The smallest absolute Gasteiger partial charge is 0.387 e. The summed E-state index contributed by atoms with van der Waals surface area (Å²) in [5, 5.41) is 10.0. The Kier molecular flexibility index (Phi) is 5.65. The van der Waals surface area contributed by atoms with Gasteiger partial charge in [-0.25, -0.2) is 9.67 Å². The van der Waals surface area contributed by atoms with Gasteiger partial charge in [0.15, 0.2) is 5.65 Å². The molecule has 4 rings (SSSR count). The van der Waals surface area contributed by atoms with Crippen molar-refractivity contribution in [2.75, 3.05) is 5.32 Å². The molecule has 0 saturated carbocycles. The number of nitrogens with one attached hydrogen (secondary N) is 1. The molecule has 0 bridgehead atoms. The number of carbonyl (C=O) groups is 1. The van der Waals surface area contributed by atoms with Crippen molar-refractivity contribution in [3.8, 4) is 16.2 Å². The molecule has 3 heterocycles. The maximum absolute atomic E-state index is 12.5. The summed E-state index contributed by atoms with van der Waals surface area (Å²) in [6.45, 7) is -1.18. The van der Waals surface area contributed by atoms with Gasteiger partial charge < -0.3 is 10.1 Å². The standard InChI is InChI=1S/C20H15ClF2N4O2S/c1-11-18-13(16-3-2-8-30-16)6-7-24-19(18)27(26-11)10-17(28)25-12-4-5-15(14(21)9-12)29-20(22)23/h2-9,20H,10H2,1H3,(H,25,28). The molecule has 30 heavy (non-hydrogen) atoms. The van der Waals surface area contributed by atoms with E-state index in [1.807, 2.05) is 30.5 Å². The van der Waals surface area contributed by atoms with E-state index in [1.54, 1.807) is 17.5 Å². The Labute approximate surface area is 179 Å². The summed E-state index contributed by atoms with van der Waals surface area (Å²) < 4.78 is 30.5. The molecule has 6 nitrogen and oxygen atoms in total. The molecule has 4 aromatic rings. The van der Waals surface area contributed by atoms with E-state index in [1.165, 1.54) is 22.9 Å². The second kappa shape index (κ2) is 8.37. The first-order valence-electron chi connectivity index (χ1n) is 8.82. The van der Waals surface area contributed by atoms with Gasteiger partial charge in [-0.15, -0.1) is 11.3 Å². The number of thiophene rings is 1. The van der Waals surface area contributed by atoms with Gasteiger partial charge in [-0.1, -0.05) is 17.7 Å². The van der Waals surface area contributed by atoms with E-state index >= 15 is 0 Å². The molecule has 0 spiro atoms. The Morgan fingerprint density at radius 2 is 2.17 bits per heavy atom. The molecule has 154 valence electrons. The molecule has 0 atom stereocenters. The van der Waals surface area contributed by atoms with Gasteiger partial charge in [0.25, 0.3) is 0 Å². The van der Waals surface area contributed by atoms with Crippen LogP contribution in [0.15, 0.2) is 48.0 Å². The molecule has 0 aliphatic carbocycles. The quantitative estimate of drug-likeness (QED) is 0.431. The Morgan fingerprint density at radius 3 is 2.87 bits per heavy atom. The lowest BCUT2D eigenvalue weighted by Gasteiger charge is -2.10. The summed E-state index contributed by atoms with van der Waals surface area (Å²) in [5.74, 6) is -0.523. The predicted octanol–water partition coefficient (Wildman–Crippen LogP) is 5.36. The van der Waals surface area contributed by atoms with Gasteiger partial charge in [-0.2, -0.15) is 13.9 Å². The first-order valence-corrected chi connectivity index (χ1v) is 10.1. The van der Waals surface area contributed by atoms with Crippen LogP contribution in [0, 0.1) is 6.92 Å². The highest BCUT2D eigenvalue weighted by atomic mass is 35.5. The van der Waals surface area contributed by atoms with Crippen LogP contribution in [0.4, 0.5) is 14.5 Å². The molecule has 10 heteroatoms. The van der Waals surface area contributed by atoms with Crippen molar-refractivity contribution < 1.29 is 18.3 Å². The number of pyridine rings is 1. The van der Waals surface area contributed by atoms with Crippen molar-refractivity contribution in [2.24, 2.45) is 0 Å². The molecule has 0 radical (unpaired) electrons. The number of ether oxygens (including phenoxy) is 1. The van der Waals surface area contributed by atoms with E-state index in [0.29, 0.717) is 11.3 Å². The Balaban J connectivity index is 1.56. The fraction of sp³-hybridized carbons (Fsp3) is 0.150. The fourth-order valence-electron chi connectivity index (χ4n) is 3.14. The van der Waals surface area contributed by atoms with Gasteiger partial charge in [-0.05, 0) is 42.6 Å². The van der Waals surface area contributed by atoms with Gasteiger partial charge in [-0.3, -0.25) is 4.79 Å². The highest BCUT2D eigenvalue weighted by Gasteiger charge is 2.17. The fourth-order valence-corrected chi connectivity index (χ4v) is 4.12. The van der Waals surface area contributed by atoms with Crippen LogP contribution < -0.4 is 10.1 Å². The van der Waals surface area contributed by atoms with Gasteiger partial charge in [0.1, 0.15) is 12.3 Å². The van der Waals surface area contributed by atoms with E-state index in [-0.39, 0.29) is 23.2 Å². The predicted molar refractivity (Wildman–Crippen MR) is 112 cm³/mol. The van der Waals surface area contributed by atoms with Crippen LogP contribution in [0.3, 0.4) is 0 Å². The summed E-state index contributed by atoms with van der Waals surface area (Å²) in [4.78, 5) is 18.0. The number of amides is 1. The van der Waals surface area contributed by atoms with E-state index in [9.17, 15) is 13.6 Å². The highest BCUT2D eigenvalue weighted by molar-refractivity contribution is 7.13. The largest absolute Gasteiger partial charge is 0.433 e. The zero-order chi connectivity index (χ0) is 21.3. The summed E-state index contributed by atoms with van der Waals surface area (Å²) in [6, 6.07) is 9.97. The molecule has 0 saturated heterocycles. The Bertz CT molecular complexity index is 1210. The zero-order valence-corrected chi connectivity index (χ0v) is 17.2. The number of aryl methyl sites for hydroxylation is 1. The third kappa shape index (κ3) is 4.12. The second-order valence-corrected chi connectivity index (χ2v) is 7.70. The van der Waals surface area contributed by atoms with Crippen LogP contribution in [0.2, 0.25) is 5.02 Å². The SMILES string of the molecule is Cc1nn(CC(=O)Nc2ccc(OC(F)F)c(Cl)c2)c2nccc(-c3cccs3)c12. The lowest BCUT2D eigenvalue weighted by atomic mass is 10.1. The first kappa shape index (κ1) is 20.2. The minimum atomic E-state index is -2.98. The number of rotatable bonds is 6. The lowest BCUT2D eigenvalue weighted by molar-refractivity contribution is -0.116. The summed E-state index contributed by atoms with van der Waals surface area (Å²) in [6.07, 6.45) is 1.69. The molecule has 1 N–H and O–H groups in total. The first-order chi connectivity index (χ1) is 14.4. The van der Waals surface area contributed by atoms with Gasteiger partial charge in [0, 0.05) is 22.3 Å². The van der Waals surface area contributed by atoms with Gasteiger partial charge >= 0.3 is 6.61 Å². The minimum absolute atomic E-state index is 0.0317. The number of carbonyl (C=O) groups excluding carboxylic acids is 1. The molecular weight excluding hydrogens is 434 g/mol. The number of benzene rings is 1. The van der Waals surface area contributed by atoms with Crippen LogP contribution in [-0.2, 0) is 11.3 Å². The molecule has 0 unspecified atom stereocenters. The van der Waals surface area contributed by atoms with Crippen LogP contribution in [-0.4, -0.2) is 27.3 Å². The van der Waals surface area contributed by atoms with Crippen molar-refractivity contribution in [3.05, 3.63) is 58.7 Å². The van der Waals surface area contributed by atoms with E-state index in [4.69, 9.17) is 11.6 Å². The molecule has 1 aromatic carbocycles. The normalized spacial score (nSPS) is 11.2. The van der Waals surface area contributed by atoms with Crippen molar-refractivity contribution in [1.29, 1.82) is 0 Å². The van der Waals surface area contributed by atoms with Crippen molar-refractivity contribution in [3.63, 3.8) is 0 Å². The van der Waals surface area contributed by atoms with Crippen LogP contribution in [0.1, 0.15) is 5.69 Å². The molecule has 3 aromatic heterocycles. The summed E-state index contributed by atoms with van der Waals surface area (Å²) in [5.41, 5.74) is 2.74. The van der Waals surface area contributed by atoms with Crippen LogP contribution >= 0.6 is 22.9 Å². The molecule has 0 aliphatic rings. The third-order valence-corrected chi connectivity index (χ3v) is 5.52. The summed E-state index contributed by atoms with van der Waals surface area (Å²) in [7, 11) is 0. The number of anilines is 1. The zero-order valence-electron chi connectivity index (χ0n) is 15.6. The number of hydrogen-bond acceptors (Lipinski definition) is 5. The van der Waals surface area contributed by atoms with E-state index in [2.05, 4.69) is 20.1 Å². The average molecular weight is 449 g/mol. The second-order valence-electron chi connectivity index (χ2n) is 6.35. The molecule has 1 amide bonds. The molecular formula is C20H15ClF2N4O2S. The van der Waals surface area contributed by atoms with Crippen molar-refractivity contribution in [2.45, 2.75) is 20.1 Å². The van der Waals surface area contributed by atoms with Crippen molar-refractivity contribution in [1.82, 2.24) is 14.8 Å². The van der Waals surface area contributed by atoms with Gasteiger partial charge in [0.05, 0.1) is 16.1 Å². The topological polar surface area (TPSA) is 69.0 Å². The minimum Gasteiger partial charge on any atom is -0.433 e. The number of aromatic nitrogens is 3. The number of fused-ring (bicyclic) bond motifs is 1. The monoisotopic (exact) mass is 448 g/mol. The Hall–Kier alpha value is -3.04. The highest BCUT2D eigenvalue weighted by Crippen LogP contribution is 2.33. The molecule has 0 fully saturated rings. The van der Waals surface area contributed by atoms with Crippen LogP contribution in [0.25, 0.3) is 21.5 Å². The Morgan fingerprint density at radius 1 is 1.33 bits per heavy atom. The van der Waals surface area contributed by atoms with E-state index < -0.39 is 6.61 Å². The average Bonchev–Trinajstić information content (AvgIpc) is 3.33. The number of nitrogens with zero attached hydrogens (tertiary/aromatic N) is 3. The molecule has 0 aliphatic heterocycles. The maximum Gasteiger partial charge on any atom is 0.387 e. The number of alkyl halides is 2.